The van der Waals surface area contributed by atoms with Crippen LogP contribution in [-0.2, 0) is 4.79 Å². The zero-order chi connectivity index (χ0) is 19.5. The molecule has 9 heteroatoms. The van der Waals surface area contributed by atoms with Gasteiger partial charge in [0, 0.05) is 18.1 Å². The quantitative estimate of drug-likeness (QED) is 0.522. The lowest BCUT2D eigenvalue weighted by atomic mass is 10.2. The van der Waals surface area contributed by atoms with E-state index in [-0.39, 0.29) is 5.91 Å². The SMILES string of the molecule is Cc1cccc(-n2nnnc2SC(C)C(=O)Nc2ccc3nccnc3c2)c1. The Morgan fingerprint density at radius 3 is 2.75 bits per heavy atom. The van der Waals surface area contributed by atoms with E-state index in [9.17, 15) is 4.79 Å². The summed E-state index contributed by atoms with van der Waals surface area (Å²) in [5.41, 5.74) is 4.13. The van der Waals surface area contributed by atoms with Crippen LogP contribution >= 0.6 is 11.8 Å². The molecule has 1 unspecified atom stereocenters. The molecule has 28 heavy (non-hydrogen) atoms. The Hall–Kier alpha value is -3.33. The first-order valence-electron chi connectivity index (χ1n) is 8.64. The standard InChI is InChI=1S/C19H17N7OS/c1-12-4-3-5-15(10-12)26-19(23-24-25-26)28-13(2)18(27)22-14-6-7-16-17(11-14)21-9-8-20-16/h3-11,13H,1-2H3,(H,22,27). The number of benzene rings is 2. The summed E-state index contributed by atoms with van der Waals surface area (Å²) in [6.45, 7) is 3.82. The zero-order valence-corrected chi connectivity index (χ0v) is 16.1. The number of nitrogens with zero attached hydrogens (tertiary/aromatic N) is 6. The van der Waals surface area contributed by atoms with Crippen LogP contribution in [0.25, 0.3) is 16.7 Å². The van der Waals surface area contributed by atoms with E-state index in [1.54, 1.807) is 23.1 Å². The van der Waals surface area contributed by atoms with E-state index in [2.05, 4.69) is 30.8 Å². The summed E-state index contributed by atoms with van der Waals surface area (Å²) >= 11 is 1.30. The summed E-state index contributed by atoms with van der Waals surface area (Å²) in [7, 11) is 0. The Bertz CT molecular complexity index is 1140. The molecule has 0 aliphatic heterocycles. The average Bonchev–Trinajstić information content (AvgIpc) is 3.16. The first-order chi connectivity index (χ1) is 13.6. The molecule has 4 aromatic rings. The molecular formula is C19H17N7OS. The number of nitrogens with one attached hydrogen (secondary N) is 1. The number of aryl methyl sites for hydroxylation is 1. The number of thioether (sulfide) groups is 1. The number of anilines is 1. The van der Waals surface area contributed by atoms with Crippen LogP contribution in [0.3, 0.4) is 0 Å². The maximum Gasteiger partial charge on any atom is 0.237 e. The highest BCUT2D eigenvalue weighted by Crippen LogP contribution is 2.24. The lowest BCUT2D eigenvalue weighted by Gasteiger charge is -2.12. The van der Waals surface area contributed by atoms with Crippen molar-refractivity contribution in [3.05, 3.63) is 60.4 Å². The number of hydrogen-bond donors (Lipinski definition) is 1. The third-order valence-corrected chi connectivity index (χ3v) is 5.11. The lowest BCUT2D eigenvalue weighted by Crippen LogP contribution is -2.23. The van der Waals surface area contributed by atoms with Gasteiger partial charge in [0.25, 0.3) is 0 Å². The molecule has 0 fully saturated rings. The van der Waals surface area contributed by atoms with Gasteiger partial charge in [-0.25, -0.2) is 0 Å². The number of carbonyl (C=O) groups excluding carboxylic acids is 1. The highest BCUT2D eigenvalue weighted by molar-refractivity contribution is 8.00. The van der Waals surface area contributed by atoms with Gasteiger partial charge in [-0.05, 0) is 60.2 Å². The Morgan fingerprint density at radius 2 is 1.93 bits per heavy atom. The first kappa shape index (κ1) is 18.1. The molecule has 0 aliphatic carbocycles. The molecule has 0 radical (unpaired) electrons. The van der Waals surface area contributed by atoms with Gasteiger partial charge < -0.3 is 5.32 Å². The van der Waals surface area contributed by atoms with E-state index < -0.39 is 5.25 Å². The van der Waals surface area contributed by atoms with Gasteiger partial charge in [0.1, 0.15) is 0 Å². The van der Waals surface area contributed by atoms with Crippen molar-refractivity contribution in [2.75, 3.05) is 5.32 Å². The van der Waals surface area contributed by atoms with Gasteiger partial charge in [0.2, 0.25) is 11.1 Å². The maximum absolute atomic E-state index is 12.6. The molecule has 1 atom stereocenters. The van der Waals surface area contributed by atoms with Crippen molar-refractivity contribution in [1.82, 2.24) is 30.2 Å². The number of aromatic nitrogens is 6. The Morgan fingerprint density at radius 1 is 1.11 bits per heavy atom. The van der Waals surface area contributed by atoms with E-state index in [0.717, 1.165) is 22.3 Å². The lowest BCUT2D eigenvalue weighted by molar-refractivity contribution is -0.115. The Balaban J connectivity index is 1.48. The van der Waals surface area contributed by atoms with Crippen LogP contribution < -0.4 is 5.32 Å². The van der Waals surface area contributed by atoms with Crippen molar-refractivity contribution in [1.29, 1.82) is 0 Å². The summed E-state index contributed by atoms with van der Waals surface area (Å²) in [5, 5.41) is 14.9. The summed E-state index contributed by atoms with van der Waals surface area (Å²) in [6.07, 6.45) is 3.26. The van der Waals surface area contributed by atoms with Crippen molar-refractivity contribution in [3.63, 3.8) is 0 Å². The average molecular weight is 391 g/mol. The van der Waals surface area contributed by atoms with E-state index in [1.165, 1.54) is 11.8 Å². The highest BCUT2D eigenvalue weighted by Gasteiger charge is 2.19. The van der Waals surface area contributed by atoms with Crippen LogP contribution in [0.4, 0.5) is 5.69 Å². The molecule has 8 nitrogen and oxygen atoms in total. The van der Waals surface area contributed by atoms with Gasteiger partial charge in [-0.3, -0.25) is 14.8 Å². The minimum atomic E-state index is -0.396. The van der Waals surface area contributed by atoms with Gasteiger partial charge >= 0.3 is 0 Å². The number of hydrogen-bond acceptors (Lipinski definition) is 7. The van der Waals surface area contributed by atoms with Crippen LogP contribution in [0.2, 0.25) is 0 Å². The van der Waals surface area contributed by atoms with Gasteiger partial charge in [-0.1, -0.05) is 23.9 Å². The van der Waals surface area contributed by atoms with Gasteiger partial charge in [-0.15, -0.1) is 5.10 Å². The molecular weight excluding hydrogens is 374 g/mol. The largest absolute Gasteiger partial charge is 0.325 e. The molecule has 0 saturated heterocycles. The van der Waals surface area contributed by atoms with Crippen LogP contribution in [0.15, 0.2) is 60.0 Å². The second kappa shape index (κ2) is 7.73. The van der Waals surface area contributed by atoms with E-state index in [4.69, 9.17) is 0 Å². The van der Waals surface area contributed by atoms with Crippen LogP contribution in [0, 0.1) is 6.92 Å². The molecule has 0 aliphatic rings. The predicted molar refractivity (Wildman–Crippen MR) is 107 cm³/mol. The Labute approximate surface area is 165 Å². The first-order valence-corrected chi connectivity index (χ1v) is 9.52. The van der Waals surface area contributed by atoms with Gasteiger partial charge in [-0.2, -0.15) is 4.68 Å². The van der Waals surface area contributed by atoms with Crippen LogP contribution in [0.1, 0.15) is 12.5 Å². The molecule has 1 amide bonds. The third kappa shape index (κ3) is 3.84. The highest BCUT2D eigenvalue weighted by atomic mass is 32.2. The monoisotopic (exact) mass is 391 g/mol. The topological polar surface area (TPSA) is 98.5 Å². The zero-order valence-electron chi connectivity index (χ0n) is 15.3. The molecule has 2 aromatic heterocycles. The smallest absolute Gasteiger partial charge is 0.237 e. The van der Waals surface area contributed by atoms with Crippen molar-refractivity contribution in [3.8, 4) is 5.69 Å². The summed E-state index contributed by atoms with van der Waals surface area (Å²) in [6, 6.07) is 13.3. The maximum atomic E-state index is 12.6. The fourth-order valence-electron chi connectivity index (χ4n) is 2.67. The summed E-state index contributed by atoms with van der Waals surface area (Å²) in [5.74, 6) is -0.146. The van der Waals surface area contributed by atoms with Gasteiger partial charge in [0.15, 0.2) is 0 Å². The second-order valence-corrected chi connectivity index (χ2v) is 7.53. The molecule has 140 valence electrons. The number of fused-ring (bicyclic) bond motifs is 1. The van der Waals surface area contributed by atoms with E-state index in [0.29, 0.717) is 10.8 Å². The molecule has 2 heterocycles. The molecule has 1 N–H and O–H groups in total. The minimum Gasteiger partial charge on any atom is -0.325 e. The normalized spacial score (nSPS) is 12.1. The fourth-order valence-corrected chi connectivity index (χ4v) is 3.48. The fraction of sp³-hybridized carbons (Fsp3) is 0.158. The molecule has 0 bridgehead atoms. The summed E-state index contributed by atoms with van der Waals surface area (Å²) in [4.78, 5) is 21.1. The minimum absolute atomic E-state index is 0.146. The number of carbonyl (C=O) groups is 1. The number of rotatable bonds is 5. The molecule has 0 saturated carbocycles. The van der Waals surface area contributed by atoms with Gasteiger partial charge in [0.05, 0.1) is 22.0 Å². The van der Waals surface area contributed by atoms with E-state index in [1.807, 2.05) is 50.2 Å². The third-order valence-electron chi connectivity index (χ3n) is 4.08. The summed E-state index contributed by atoms with van der Waals surface area (Å²) < 4.78 is 1.63. The predicted octanol–water partition coefficient (Wildman–Crippen LogP) is 3.03. The van der Waals surface area contributed by atoms with E-state index >= 15 is 0 Å². The Kier molecular flexibility index (Phi) is 4.98. The van der Waals surface area contributed by atoms with Crippen LogP contribution in [-0.4, -0.2) is 41.3 Å². The van der Waals surface area contributed by atoms with Crippen molar-refractivity contribution in [2.24, 2.45) is 0 Å². The van der Waals surface area contributed by atoms with Crippen molar-refractivity contribution >= 4 is 34.4 Å². The second-order valence-electron chi connectivity index (χ2n) is 6.22. The van der Waals surface area contributed by atoms with Crippen molar-refractivity contribution in [2.45, 2.75) is 24.3 Å². The van der Waals surface area contributed by atoms with Crippen molar-refractivity contribution < 1.29 is 4.79 Å². The number of tetrazole rings is 1. The van der Waals surface area contributed by atoms with Crippen LogP contribution in [0.5, 0.6) is 0 Å². The molecule has 2 aromatic carbocycles. The molecule has 0 spiro atoms. The molecule has 4 rings (SSSR count). The number of amides is 1.